The van der Waals surface area contributed by atoms with E-state index in [0.717, 1.165) is 5.56 Å². The fraction of sp³-hybridized carbons (Fsp3) is 0.316. The molecule has 25 heavy (non-hydrogen) atoms. The highest BCUT2D eigenvalue weighted by Gasteiger charge is 2.29. The van der Waals surface area contributed by atoms with Crippen molar-refractivity contribution >= 4 is 5.91 Å². The number of benzene rings is 2. The van der Waals surface area contributed by atoms with Gasteiger partial charge in [-0.1, -0.05) is 18.2 Å². The van der Waals surface area contributed by atoms with Gasteiger partial charge in [0.15, 0.2) is 0 Å². The van der Waals surface area contributed by atoms with Gasteiger partial charge in [0.1, 0.15) is 24.3 Å². The van der Waals surface area contributed by atoms with Crippen LogP contribution in [-0.2, 0) is 16.1 Å². The SMILES string of the molecule is CO[C@H]1COC[C@@H]1NC(=O)c1cccc(OCc2cccc(F)c2)c1. The number of nitrogens with one attached hydrogen (secondary N) is 1. The van der Waals surface area contributed by atoms with E-state index in [2.05, 4.69) is 5.32 Å². The Kier molecular flexibility index (Phi) is 5.63. The first kappa shape index (κ1) is 17.4. The summed E-state index contributed by atoms with van der Waals surface area (Å²) in [5.41, 5.74) is 1.21. The molecule has 0 unspecified atom stereocenters. The molecule has 0 aliphatic carbocycles. The van der Waals surface area contributed by atoms with E-state index < -0.39 is 0 Å². The number of hydrogen-bond acceptors (Lipinski definition) is 4. The van der Waals surface area contributed by atoms with Gasteiger partial charge in [-0.25, -0.2) is 4.39 Å². The summed E-state index contributed by atoms with van der Waals surface area (Å²) in [6.45, 7) is 1.13. The second-order valence-corrected chi connectivity index (χ2v) is 5.84. The predicted octanol–water partition coefficient (Wildman–Crippen LogP) is 2.55. The maximum atomic E-state index is 13.2. The molecule has 2 aromatic rings. The van der Waals surface area contributed by atoms with Crippen LogP contribution in [0.15, 0.2) is 48.5 Å². The summed E-state index contributed by atoms with van der Waals surface area (Å²) >= 11 is 0. The zero-order valence-corrected chi connectivity index (χ0v) is 13.9. The Hall–Kier alpha value is -2.44. The molecule has 1 aliphatic heterocycles. The molecule has 6 heteroatoms. The summed E-state index contributed by atoms with van der Waals surface area (Å²) in [7, 11) is 1.60. The van der Waals surface area contributed by atoms with Crippen molar-refractivity contribution in [3.05, 3.63) is 65.5 Å². The standard InChI is InChI=1S/C19H20FNO4/c1-23-18-12-24-11-17(18)21-19(22)14-5-3-7-16(9-14)25-10-13-4-2-6-15(20)8-13/h2-9,17-18H,10-12H2,1H3,(H,21,22)/t17-,18-/m0/s1. The summed E-state index contributed by atoms with van der Waals surface area (Å²) in [6, 6.07) is 12.9. The van der Waals surface area contributed by atoms with Crippen LogP contribution in [0.25, 0.3) is 0 Å². The summed E-state index contributed by atoms with van der Waals surface area (Å²) in [5, 5.41) is 2.91. The van der Waals surface area contributed by atoms with E-state index in [1.807, 2.05) is 0 Å². The number of carbonyl (C=O) groups is 1. The molecule has 0 radical (unpaired) electrons. The third-order valence-electron chi connectivity index (χ3n) is 4.04. The molecule has 0 spiro atoms. The van der Waals surface area contributed by atoms with Crippen LogP contribution in [-0.4, -0.2) is 38.4 Å². The molecule has 1 heterocycles. The Bertz CT molecular complexity index is 737. The number of rotatable bonds is 6. The number of carbonyl (C=O) groups excluding carboxylic acids is 1. The summed E-state index contributed by atoms with van der Waals surface area (Å²) in [5.74, 6) is 0.0253. The molecule has 2 atom stereocenters. The van der Waals surface area contributed by atoms with E-state index in [4.69, 9.17) is 14.2 Å². The molecule has 1 saturated heterocycles. The predicted molar refractivity (Wildman–Crippen MR) is 90.0 cm³/mol. The van der Waals surface area contributed by atoms with Crippen LogP contribution in [0.3, 0.4) is 0 Å². The molecule has 132 valence electrons. The lowest BCUT2D eigenvalue weighted by atomic mass is 10.1. The molecule has 1 N–H and O–H groups in total. The average molecular weight is 345 g/mol. The van der Waals surface area contributed by atoms with Crippen molar-refractivity contribution in [2.75, 3.05) is 20.3 Å². The van der Waals surface area contributed by atoms with Crippen molar-refractivity contribution in [1.82, 2.24) is 5.32 Å². The lowest BCUT2D eigenvalue weighted by molar-refractivity contribution is 0.0685. The van der Waals surface area contributed by atoms with Gasteiger partial charge in [-0.15, -0.1) is 0 Å². The molecule has 1 aliphatic rings. The highest BCUT2D eigenvalue weighted by Crippen LogP contribution is 2.17. The second kappa shape index (κ2) is 8.09. The van der Waals surface area contributed by atoms with Crippen LogP contribution >= 0.6 is 0 Å². The number of hydrogen-bond donors (Lipinski definition) is 1. The second-order valence-electron chi connectivity index (χ2n) is 5.84. The third kappa shape index (κ3) is 4.55. The van der Waals surface area contributed by atoms with Crippen LogP contribution in [0.5, 0.6) is 5.75 Å². The van der Waals surface area contributed by atoms with E-state index >= 15 is 0 Å². The minimum Gasteiger partial charge on any atom is -0.489 e. The minimum atomic E-state index is -0.305. The topological polar surface area (TPSA) is 56.8 Å². The first-order valence-electron chi connectivity index (χ1n) is 8.04. The van der Waals surface area contributed by atoms with E-state index in [1.54, 1.807) is 43.5 Å². The van der Waals surface area contributed by atoms with Crippen molar-refractivity contribution in [2.24, 2.45) is 0 Å². The van der Waals surface area contributed by atoms with E-state index in [-0.39, 0.29) is 30.5 Å². The van der Waals surface area contributed by atoms with Crippen molar-refractivity contribution < 1.29 is 23.4 Å². The van der Waals surface area contributed by atoms with Gasteiger partial charge in [0, 0.05) is 12.7 Å². The zero-order valence-electron chi connectivity index (χ0n) is 13.9. The highest BCUT2D eigenvalue weighted by molar-refractivity contribution is 5.94. The van der Waals surface area contributed by atoms with Gasteiger partial charge in [-0.2, -0.15) is 0 Å². The molecule has 2 aromatic carbocycles. The molecule has 5 nitrogen and oxygen atoms in total. The van der Waals surface area contributed by atoms with Crippen LogP contribution in [0.4, 0.5) is 4.39 Å². The summed E-state index contributed by atoms with van der Waals surface area (Å²) in [6.07, 6.45) is -0.142. The fourth-order valence-corrected chi connectivity index (χ4v) is 2.67. The molecule has 0 aromatic heterocycles. The first-order valence-corrected chi connectivity index (χ1v) is 8.04. The van der Waals surface area contributed by atoms with E-state index in [1.165, 1.54) is 12.1 Å². The summed E-state index contributed by atoms with van der Waals surface area (Å²) in [4.78, 5) is 12.4. The Balaban J connectivity index is 1.61. The minimum absolute atomic E-state index is 0.142. The van der Waals surface area contributed by atoms with Crippen molar-refractivity contribution in [3.8, 4) is 5.75 Å². The van der Waals surface area contributed by atoms with Crippen LogP contribution in [0.1, 0.15) is 15.9 Å². The van der Waals surface area contributed by atoms with Gasteiger partial charge in [0.2, 0.25) is 0 Å². The maximum absolute atomic E-state index is 13.2. The third-order valence-corrected chi connectivity index (χ3v) is 4.04. The van der Waals surface area contributed by atoms with Crippen LogP contribution in [0, 0.1) is 5.82 Å². The van der Waals surface area contributed by atoms with Gasteiger partial charge in [0.25, 0.3) is 5.91 Å². The largest absolute Gasteiger partial charge is 0.489 e. The highest BCUT2D eigenvalue weighted by atomic mass is 19.1. The van der Waals surface area contributed by atoms with Crippen LogP contribution < -0.4 is 10.1 Å². The number of methoxy groups -OCH3 is 1. The molecule has 0 saturated carbocycles. The Morgan fingerprint density at radius 1 is 1.24 bits per heavy atom. The number of ether oxygens (including phenoxy) is 3. The van der Waals surface area contributed by atoms with Crippen molar-refractivity contribution in [1.29, 1.82) is 0 Å². The average Bonchev–Trinajstić information content (AvgIpc) is 3.07. The fourth-order valence-electron chi connectivity index (χ4n) is 2.67. The summed E-state index contributed by atoms with van der Waals surface area (Å²) < 4.78 is 29.5. The van der Waals surface area contributed by atoms with Gasteiger partial charge >= 0.3 is 0 Å². The van der Waals surface area contributed by atoms with Gasteiger partial charge in [-0.3, -0.25) is 4.79 Å². The van der Waals surface area contributed by atoms with E-state index in [9.17, 15) is 9.18 Å². The van der Waals surface area contributed by atoms with Gasteiger partial charge in [-0.05, 0) is 35.9 Å². The first-order chi connectivity index (χ1) is 12.2. The number of halogens is 1. The van der Waals surface area contributed by atoms with Gasteiger partial charge in [0.05, 0.1) is 19.3 Å². The quantitative estimate of drug-likeness (QED) is 0.874. The Labute approximate surface area is 145 Å². The lowest BCUT2D eigenvalue weighted by Gasteiger charge is -2.17. The normalized spacial score (nSPS) is 19.6. The molecule has 1 fully saturated rings. The van der Waals surface area contributed by atoms with Crippen LogP contribution in [0.2, 0.25) is 0 Å². The molecule has 3 rings (SSSR count). The lowest BCUT2D eigenvalue weighted by Crippen LogP contribution is -2.43. The molecular weight excluding hydrogens is 325 g/mol. The van der Waals surface area contributed by atoms with E-state index in [0.29, 0.717) is 24.5 Å². The number of amides is 1. The van der Waals surface area contributed by atoms with Crippen molar-refractivity contribution in [2.45, 2.75) is 18.8 Å². The Morgan fingerprint density at radius 2 is 2.08 bits per heavy atom. The molecule has 1 amide bonds. The maximum Gasteiger partial charge on any atom is 0.251 e. The van der Waals surface area contributed by atoms with Gasteiger partial charge < -0.3 is 19.5 Å². The molecular formula is C19H20FNO4. The Morgan fingerprint density at radius 3 is 2.88 bits per heavy atom. The van der Waals surface area contributed by atoms with Crippen molar-refractivity contribution in [3.63, 3.8) is 0 Å². The molecule has 0 bridgehead atoms. The zero-order chi connectivity index (χ0) is 17.6. The smallest absolute Gasteiger partial charge is 0.251 e. The monoisotopic (exact) mass is 345 g/mol.